The van der Waals surface area contributed by atoms with Crippen molar-refractivity contribution in [3.63, 3.8) is 0 Å². The molecule has 178 valence electrons. The fraction of sp³-hybridized carbons (Fsp3) is 0.217. The molecule has 1 aliphatic rings. The van der Waals surface area contributed by atoms with Crippen LogP contribution in [0.15, 0.2) is 36.8 Å². The van der Waals surface area contributed by atoms with E-state index in [1.54, 1.807) is 0 Å². The first-order valence-corrected chi connectivity index (χ1v) is 10.7. The molecule has 3 aromatic heterocycles. The molecule has 0 saturated carbocycles. The van der Waals surface area contributed by atoms with Gasteiger partial charge in [0.1, 0.15) is 11.3 Å². The van der Waals surface area contributed by atoms with Gasteiger partial charge in [-0.3, -0.25) is 9.78 Å². The van der Waals surface area contributed by atoms with Crippen LogP contribution >= 0.6 is 0 Å². The van der Waals surface area contributed by atoms with Crippen LogP contribution < -0.4 is 16.0 Å². The Balaban J connectivity index is 1.69. The molecule has 0 unspecified atom stereocenters. The zero-order valence-electron chi connectivity index (χ0n) is 18.6. The summed E-state index contributed by atoms with van der Waals surface area (Å²) in [5.74, 6) is -1.20. The van der Waals surface area contributed by atoms with E-state index in [2.05, 4.69) is 30.2 Å². The van der Waals surface area contributed by atoms with E-state index in [0.717, 1.165) is 6.07 Å². The molecule has 12 heteroatoms. The minimum absolute atomic E-state index is 0.108. The average Bonchev–Trinajstić information content (AvgIpc) is 2.86. The molecule has 1 aliphatic heterocycles. The smallest absolute Gasteiger partial charge is 0.221 e. The van der Waals surface area contributed by atoms with Gasteiger partial charge in [0.25, 0.3) is 0 Å². The van der Waals surface area contributed by atoms with E-state index in [0.29, 0.717) is 54.5 Å². The third kappa shape index (κ3) is 4.43. The number of hydrogen-bond donors (Lipinski definition) is 2. The SMILES string of the molecule is CC(=O)Nc1ccc(F)c(-c2cnc3c(N4CCOCC4)nc(-c4cnc(N)nc4)nc3c2)c1F. The van der Waals surface area contributed by atoms with Crippen molar-refractivity contribution >= 4 is 34.4 Å². The Morgan fingerprint density at radius 2 is 1.77 bits per heavy atom. The molecule has 0 bridgehead atoms. The normalized spacial score (nSPS) is 13.7. The largest absolute Gasteiger partial charge is 0.378 e. The van der Waals surface area contributed by atoms with Gasteiger partial charge in [-0.1, -0.05) is 0 Å². The lowest BCUT2D eigenvalue weighted by atomic mass is 10.0. The van der Waals surface area contributed by atoms with Crippen molar-refractivity contribution < 1.29 is 18.3 Å². The van der Waals surface area contributed by atoms with Gasteiger partial charge in [0.05, 0.1) is 35.5 Å². The minimum atomic E-state index is -0.907. The molecule has 0 spiro atoms. The van der Waals surface area contributed by atoms with Gasteiger partial charge in [0.2, 0.25) is 11.9 Å². The molecule has 4 heterocycles. The zero-order valence-corrected chi connectivity index (χ0v) is 18.6. The fourth-order valence-corrected chi connectivity index (χ4v) is 3.82. The van der Waals surface area contributed by atoms with Crippen molar-refractivity contribution in [3.05, 3.63) is 48.4 Å². The van der Waals surface area contributed by atoms with Crippen LogP contribution in [0.3, 0.4) is 0 Å². The molecular formula is C23H20F2N8O2. The molecule has 0 aliphatic carbocycles. The number of morpholine rings is 1. The third-order valence-corrected chi connectivity index (χ3v) is 5.45. The highest BCUT2D eigenvalue weighted by Crippen LogP contribution is 2.34. The number of carbonyl (C=O) groups is 1. The van der Waals surface area contributed by atoms with Gasteiger partial charge < -0.3 is 20.7 Å². The van der Waals surface area contributed by atoms with Crippen LogP contribution in [-0.2, 0) is 9.53 Å². The second-order valence-corrected chi connectivity index (χ2v) is 7.86. The number of nitrogens with two attached hydrogens (primary N) is 1. The number of ether oxygens (including phenoxy) is 1. The summed E-state index contributed by atoms with van der Waals surface area (Å²) in [6, 6.07) is 3.79. The standard InChI is InChI=1S/C23H20F2N8O2/c1-12(34)30-16-3-2-15(24)18(19(16)25)13-8-17-20(27-9-13)22(33-4-6-35-7-5-33)32-21(31-17)14-10-28-23(26)29-11-14/h2-3,8-11H,4-7H2,1H3,(H,30,34)(H2,26,28,29). The second kappa shape index (κ2) is 9.14. The van der Waals surface area contributed by atoms with Crippen LogP contribution in [0, 0.1) is 11.6 Å². The van der Waals surface area contributed by atoms with Gasteiger partial charge in [0.15, 0.2) is 17.5 Å². The van der Waals surface area contributed by atoms with E-state index < -0.39 is 17.5 Å². The summed E-state index contributed by atoms with van der Waals surface area (Å²) >= 11 is 0. The number of nitrogens with zero attached hydrogens (tertiary/aromatic N) is 6. The van der Waals surface area contributed by atoms with Crippen molar-refractivity contribution in [2.75, 3.05) is 42.3 Å². The van der Waals surface area contributed by atoms with Gasteiger partial charge in [-0.25, -0.2) is 28.7 Å². The van der Waals surface area contributed by atoms with Gasteiger partial charge in [0, 0.05) is 44.2 Å². The monoisotopic (exact) mass is 478 g/mol. The quantitative estimate of drug-likeness (QED) is 0.454. The van der Waals surface area contributed by atoms with Gasteiger partial charge in [-0.05, 0) is 18.2 Å². The van der Waals surface area contributed by atoms with E-state index in [1.165, 1.54) is 37.6 Å². The summed E-state index contributed by atoms with van der Waals surface area (Å²) in [5, 5.41) is 2.37. The van der Waals surface area contributed by atoms with E-state index in [-0.39, 0.29) is 22.8 Å². The second-order valence-electron chi connectivity index (χ2n) is 7.86. The molecule has 4 aromatic rings. The first-order valence-electron chi connectivity index (χ1n) is 10.7. The van der Waals surface area contributed by atoms with E-state index in [4.69, 9.17) is 10.5 Å². The topological polar surface area (TPSA) is 132 Å². The molecule has 0 radical (unpaired) electrons. The van der Waals surface area contributed by atoms with Crippen molar-refractivity contribution in [2.24, 2.45) is 0 Å². The van der Waals surface area contributed by atoms with E-state index in [1.807, 2.05) is 4.90 Å². The molecule has 3 N–H and O–H groups in total. The third-order valence-electron chi connectivity index (χ3n) is 5.45. The number of pyridine rings is 1. The Morgan fingerprint density at radius 3 is 2.49 bits per heavy atom. The predicted molar refractivity (Wildman–Crippen MR) is 125 cm³/mol. The zero-order chi connectivity index (χ0) is 24.5. The van der Waals surface area contributed by atoms with Crippen LogP contribution in [-0.4, -0.2) is 57.1 Å². The summed E-state index contributed by atoms with van der Waals surface area (Å²) < 4.78 is 35.4. The van der Waals surface area contributed by atoms with Crippen LogP contribution in [0.1, 0.15) is 6.92 Å². The Bertz CT molecular complexity index is 1430. The summed E-state index contributed by atoms with van der Waals surface area (Å²) in [7, 11) is 0. The van der Waals surface area contributed by atoms with Crippen LogP contribution in [0.4, 0.5) is 26.2 Å². The molecule has 5 rings (SSSR count). The number of nitrogen functional groups attached to an aromatic ring is 1. The molecule has 35 heavy (non-hydrogen) atoms. The number of halogens is 2. The first kappa shape index (κ1) is 22.5. The Morgan fingerprint density at radius 1 is 1.06 bits per heavy atom. The maximum atomic E-state index is 15.2. The highest BCUT2D eigenvalue weighted by molar-refractivity contribution is 5.92. The maximum Gasteiger partial charge on any atom is 0.221 e. The molecule has 10 nitrogen and oxygen atoms in total. The Hall–Kier alpha value is -4.32. The number of anilines is 3. The van der Waals surface area contributed by atoms with E-state index in [9.17, 15) is 9.18 Å². The predicted octanol–water partition coefficient (Wildman–Crippen LogP) is 2.80. The number of aromatic nitrogens is 5. The summed E-state index contributed by atoms with van der Waals surface area (Å²) in [5.41, 5.74) is 6.66. The summed E-state index contributed by atoms with van der Waals surface area (Å²) in [6.07, 6.45) is 4.36. The fourth-order valence-electron chi connectivity index (χ4n) is 3.82. The molecular weight excluding hydrogens is 458 g/mol. The molecule has 1 fully saturated rings. The highest BCUT2D eigenvalue weighted by atomic mass is 19.1. The number of carbonyl (C=O) groups excluding carboxylic acids is 1. The van der Waals surface area contributed by atoms with Crippen molar-refractivity contribution in [1.29, 1.82) is 0 Å². The lowest BCUT2D eigenvalue weighted by molar-refractivity contribution is -0.114. The van der Waals surface area contributed by atoms with Crippen LogP contribution in [0.25, 0.3) is 33.5 Å². The van der Waals surface area contributed by atoms with Crippen molar-refractivity contribution in [2.45, 2.75) is 6.92 Å². The van der Waals surface area contributed by atoms with Gasteiger partial charge >= 0.3 is 0 Å². The lowest BCUT2D eigenvalue weighted by Gasteiger charge is -2.28. The highest BCUT2D eigenvalue weighted by Gasteiger charge is 2.22. The average molecular weight is 478 g/mol. The number of hydrogen-bond acceptors (Lipinski definition) is 9. The molecule has 1 amide bonds. The van der Waals surface area contributed by atoms with Gasteiger partial charge in [-0.15, -0.1) is 0 Å². The summed E-state index contributed by atoms with van der Waals surface area (Å²) in [4.78, 5) is 35.2. The van der Waals surface area contributed by atoms with Crippen molar-refractivity contribution in [3.8, 4) is 22.5 Å². The number of nitrogens with one attached hydrogen (secondary N) is 1. The number of benzene rings is 1. The number of rotatable bonds is 4. The molecule has 1 saturated heterocycles. The van der Waals surface area contributed by atoms with Gasteiger partial charge in [-0.2, -0.15) is 0 Å². The first-order chi connectivity index (χ1) is 16.9. The maximum absolute atomic E-state index is 15.2. The van der Waals surface area contributed by atoms with Crippen molar-refractivity contribution in [1.82, 2.24) is 24.9 Å². The van der Waals surface area contributed by atoms with Crippen LogP contribution in [0.5, 0.6) is 0 Å². The molecule has 0 atom stereocenters. The number of amides is 1. The van der Waals surface area contributed by atoms with E-state index >= 15 is 4.39 Å². The molecule has 1 aromatic carbocycles. The lowest BCUT2D eigenvalue weighted by Crippen LogP contribution is -2.37. The number of fused-ring (bicyclic) bond motifs is 1. The summed E-state index contributed by atoms with van der Waals surface area (Å²) in [6.45, 7) is 3.48. The Kier molecular flexibility index (Phi) is 5.87. The minimum Gasteiger partial charge on any atom is -0.378 e. The van der Waals surface area contributed by atoms with Crippen LogP contribution in [0.2, 0.25) is 0 Å². The Labute approximate surface area is 198 Å².